The van der Waals surface area contributed by atoms with E-state index in [-0.39, 0.29) is 11.9 Å². The molecule has 2 aromatic rings. The number of rotatable bonds is 5. The minimum absolute atomic E-state index is 0.190. The van der Waals surface area contributed by atoms with Gasteiger partial charge in [-0.3, -0.25) is 14.7 Å². The van der Waals surface area contributed by atoms with Gasteiger partial charge < -0.3 is 14.8 Å². The van der Waals surface area contributed by atoms with Crippen molar-refractivity contribution < 1.29 is 14.3 Å². The number of hydrogen-bond acceptors (Lipinski definition) is 5. The van der Waals surface area contributed by atoms with Gasteiger partial charge in [0, 0.05) is 31.4 Å². The minimum Gasteiger partial charge on any atom is -0.497 e. The van der Waals surface area contributed by atoms with Crippen LogP contribution in [0.25, 0.3) is 0 Å². The van der Waals surface area contributed by atoms with Gasteiger partial charge in [0.2, 0.25) is 0 Å². The summed E-state index contributed by atoms with van der Waals surface area (Å²) in [5.41, 5.74) is 0.911. The predicted molar refractivity (Wildman–Crippen MR) is 104 cm³/mol. The Kier molecular flexibility index (Phi) is 5.69. The molecule has 1 unspecified atom stereocenters. The van der Waals surface area contributed by atoms with E-state index < -0.39 is 5.72 Å². The van der Waals surface area contributed by atoms with Crippen molar-refractivity contribution in [2.75, 3.05) is 27.3 Å². The summed E-state index contributed by atoms with van der Waals surface area (Å²) in [6.07, 6.45) is 1.53. The summed E-state index contributed by atoms with van der Waals surface area (Å²) >= 11 is 6.61. The Morgan fingerprint density at radius 1 is 1.41 bits per heavy atom. The average Bonchev–Trinajstić information content (AvgIpc) is 3.13. The van der Waals surface area contributed by atoms with Crippen molar-refractivity contribution in [2.45, 2.75) is 25.6 Å². The second-order valence-corrected chi connectivity index (χ2v) is 7.05. The van der Waals surface area contributed by atoms with E-state index in [2.05, 4.69) is 29.0 Å². The summed E-state index contributed by atoms with van der Waals surface area (Å²) in [4.78, 5) is 18.7. The number of nitrogens with one attached hydrogen (secondary N) is 1. The first kappa shape index (κ1) is 19.6. The molecule has 3 rings (SSSR count). The standard InChI is InChI=1S/C20H24ClN3O3/c1-13(2)24-8-9-27-20(24,15-6-5-7-16(11-15)26-4)18-17(21)10-14(12-23-18)19(25)22-3/h5-7,10-13H,8-9H2,1-4H3,(H,22,25). The topological polar surface area (TPSA) is 63.7 Å². The molecule has 1 atom stereocenters. The lowest BCUT2D eigenvalue weighted by atomic mass is 9.95. The average molecular weight is 390 g/mol. The van der Waals surface area contributed by atoms with Gasteiger partial charge in [0.25, 0.3) is 5.91 Å². The zero-order valence-electron chi connectivity index (χ0n) is 16.0. The summed E-state index contributed by atoms with van der Waals surface area (Å²) < 4.78 is 11.7. The van der Waals surface area contributed by atoms with Gasteiger partial charge in [0.05, 0.1) is 24.3 Å². The van der Waals surface area contributed by atoms with Gasteiger partial charge in [0.15, 0.2) is 5.72 Å². The van der Waals surface area contributed by atoms with Crippen LogP contribution in [0, 0.1) is 0 Å². The molecule has 1 saturated heterocycles. The predicted octanol–water partition coefficient (Wildman–Crippen LogP) is 3.04. The van der Waals surface area contributed by atoms with Crippen molar-refractivity contribution in [3.05, 3.63) is 58.4 Å². The van der Waals surface area contributed by atoms with Crippen molar-refractivity contribution in [2.24, 2.45) is 0 Å². The minimum atomic E-state index is -0.943. The Labute approximate surface area is 164 Å². The van der Waals surface area contributed by atoms with Crippen LogP contribution in [0.1, 0.15) is 35.5 Å². The zero-order chi connectivity index (χ0) is 19.6. The van der Waals surface area contributed by atoms with Crippen molar-refractivity contribution >= 4 is 17.5 Å². The van der Waals surface area contributed by atoms with Gasteiger partial charge in [-0.05, 0) is 32.0 Å². The smallest absolute Gasteiger partial charge is 0.252 e. The third-order valence-corrected chi connectivity index (χ3v) is 5.07. The summed E-state index contributed by atoms with van der Waals surface area (Å²) in [6, 6.07) is 9.54. The van der Waals surface area contributed by atoms with Gasteiger partial charge in [-0.1, -0.05) is 23.7 Å². The molecule has 1 amide bonds. The maximum Gasteiger partial charge on any atom is 0.252 e. The number of amides is 1. The number of ether oxygens (including phenoxy) is 2. The number of nitrogens with zero attached hydrogens (tertiary/aromatic N) is 2. The van der Waals surface area contributed by atoms with Crippen LogP contribution in [0.5, 0.6) is 5.75 Å². The maximum absolute atomic E-state index is 11.9. The molecule has 1 aromatic heterocycles. The number of pyridine rings is 1. The highest BCUT2D eigenvalue weighted by Gasteiger charge is 2.49. The molecule has 0 saturated carbocycles. The number of carbonyl (C=O) groups is 1. The molecule has 1 fully saturated rings. The van der Waals surface area contributed by atoms with E-state index in [1.165, 1.54) is 6.20 Å². The number of aromatic nitrogens is 1. The maximum atomic E-state index is 11.9. The van der Waals surface area contributed by atoms with E-state index >= 15 is 0 Å². The molecule has 0 aliphatic carbocycles. The summed E-state index contributed by atoms with van der Waals surface area (Å²) in [6.45, 7) is 5.50. The third kappa shape index (κ3) is 3.40. The molecule has 0 bridgehead atoms. The second-order valence-electron chi connectivity index (χ2n) is 6.65. The highest BCUT2D eigenvalue weighted by molar-refractivity contribution is 6.31. The van der Waals surface area contributed by atoms with Crippen LogP contribution in [0.3, 0.4) is 0 Å². The number of benzene rings is 1. The molecule has 2 heterocycles. The van der Waals surface area contributed by atoms with Crippen molar-refractivity contribution in [1.29, 1.82) is 0 Å². The number of carbonyl (C=O) groups excluding carboxylic acids is 1. The monoisotopic (exact) mass is 389 g/mol. The fourth-order valence-corrected chi connectivity index (χ4v) is 3.83. The molecule has 6 nitrogen and oxygen atoms in total. The molecule has 144 valence electrons. The normalized spacial score (nSPS) is 20.1. The molecular weight excluding hydrogens is 366 g/mol. The summed E-state index contributed by atoms with van der Waals surface area (Å²) in [5.74, 6) is 0.489. The van der Waals surface area contributed by atoms with Crippen LogP contribution in [0.15, 0.2) is 36.5 Å². The van der Waals surface area contributed by atoms with Gasteiger partial charge >= 0.3 is 0 Å². The second kappa shape index (κ2) is 7.84. The summed E-state index contributed by atoms with van der Waals surface area (Å²) in [5, 5.41) is 2.97. The first-order valence-corrected chi connectivity index (χ1v) is 9.25. The highest BCUT2D eigenvalue weighted by atomic mass is 35.5. The van der Waals surface area contributed by atoms with Crippen LogP contribution in [0.2, 0.25) is 5.02 Å². The number of methoxy groups -OCH3 is 1. The van der Waals surface area contributed by atoms with Crippen molar-refractivity contribution in [1.82, 2.24) is 15.2 Å². The molecule has 1 aliphatic rings. The fourth-order valence-electron chi connectivity index (χ4n) is 3.53. The van der Waals surface area contributed by atoms with Gasteiger partial charge in [-0.2, -0.15) is 0 Å². The molecule has 1 aliphatic heterocycles. The quantitative estimate of drug-likeness (QED) is 0.851. The van der Waals surface area contributed by atoms with Crippen LogP contribution < -0.4 is 10.1 Å². The molecule has 7 heteroatoms. The van der Waals surface area contributed by atoms with Crippen LogP contribution in [0.4, 0.5) is 0 Å². The SMILES string of the molecule is CNC(=O)c1cnc(C2(c3cccc(OC)c3)OCCN2C(C)C)c(Cl)c1. The molecule has 27 heavy (non-hydrogen) atoms. The number of halogens is 1. The van der Waals surface area contributed by atoms with E-state index in [0.29, 0.717) is 22.9 Å². The largest absolute Gasteiger partial charge is 0.497 e. The fraction of sp³-hybridized carbons (Fsp3) is 0.400. The zero-order valence-corrected chi connectivity index (χ0v) is 16.7. The van der Waals surface area contributed by atoms with E-state index in [9.17, 15) is 4.79 Å². The first-order valence-electron chi connectivity index (χ1n) is 8.87. The van der Waals surface area contributed by atoms with Crippen LogP contribution >= 0.6 is 11.6 Å². The lowest BCUT2D eigenvalue weighted by Crippen LogP contribution is -2.47. The van der Waals surface area contributed by atoms with Gasteiger partial charge in [-0.25, -0.2) is 0 Å². The van der Waals surface area contributed by atoms with Crippen LogP contribution in [-0.4, -0.2) is 49.1 Å². The Balaban J connectivity index is 2.21. The van der Waals surface area contributed by atoms with E-state index in [1.54, 1.807) is 20.2 Å². The molecular formula is C20H24ClN3O3. The van der Waals surface area contributed by atoms with Gasteiger partial charge in [0.1, 0.15) is 11.4 Å². The van der Waals surface area contributed by atoms with Gasteiger partial charge in [-0.15, -0.1) is 0 Å². The van der Waals surface area contributed by atoms with Crippen LogP contribution in [-0.2, 0) is 10.5 Å². The number of hydrogen-bond donors (Lipinski definition) is 1. The summed E-state index contributed by atoms with van der Waals surface area (Å²) in [7, 11) is 3.20. The van der Waals surface area contributed by atoms with Crippen molar-refractivity contribution in [3.63, 3.8) is 0 Å². The van der Waals surface area contributed by atoms with E-state index in [0.717, 1.165) is 17.9 Å². The van der Waals surface area contributed by atoms with E-state index in [1.807, 2.05) is 24.3 Å². The lowest BCUT2D eigenvalue weighted by Gasteiger charge is -2.40. The Hall–Kier alpha value is -2.15. The molecule has 0 spiro atoms. The Morgan fingerprint density at radius 2 is 2.19 bits per heavy atom. The molecule has 0 radical (unpaired) electrons. The Bertz CT molecular complexity index is 843. The first-order chi connectivity index (χ1) is 12.9. The van der Waals surface area contributed by atoms with Crippen molar-refractivity contribution in [3.8, 4) is 5.75 Å². The molecule has 1 aromatic carbocycles. The Morgan fingerprint density at radius 3 is 2.81 bits per heavy atom. The molecule has 1 N–H and O–H groups in total. The van der Waals surface area contributed by atoms with E-state index in [4.69, 9.17) is 21.1 Å². The lowest BCUT2D eigenvalue weighted by molar-refractivity contribution is -0.0682. The third-order valence-electron chi connectivity index (χ3n) is 4.78. The highest BCUT2D eigenvalue weighted by Crippen LogP contribution is 2.44.